The van der Waals surface area contributed by atoms with Crippen LogP contribution in [0.5, 0.6) is 0 Å². The van der Waals surface area contributed by atoms with Gasteiger partial charge in [-0.3, -0.25) is 18.9 Å². The van der Waals surface area contributed by atoms with Gasteiger partial charge in [0.05, 0.1) is 4.11 Å². The van der Waals surface area contributed by atoms with E-state index in [1.807, 2.05) is 0 Å². The highest BCUT2D eigenvalue weighted by Crippen LogP contribution is 2.43. The van der Waals surface area contributed by atoms with Crippen LogP contribution in [0.1, 0.15) is 16.7 Å². The second kappa shape index (κ2) is 5.85. The van der Waals surface area contributed by atoms with E-state index in [9.17, 15) is 23.7 Å². The average molecular weight is 364 g/mol. The summed E-state index contributed by atoms with van der Waals surface area (Å²) in [5.41, 5.74) is -2.37. The molecule has 1 fully saturated rings. The Kier molecular flexibility index (Phi) is 3.56. The Morgan fingerprint density at radius 1 is 1.73 bits per heavy atom. The molecule has 22 heavy (non-hydrogen) atoms. The molecule has 0 bridgehead atoms. The van der Waals surface area contributed by atoms with E-state index >= 15 is 0 Å². The van der Waals surface area contributed by atoms with Crippen LogP contribution in [-0.4, -0.2) is 43.0 Å². The van der Waals surface area contributed by atoms with E-state index < -0.39 is 55.2 Å². The van der Waals surface area contributed by atoms with E-state index in [2.05, 4.69) is 9.26 Å². The largest absolute Gasteiger partial charge is 0.469 e. The van der Waals surface area contributed by atoms with Gasteiger partial charge in [-0.25, -0.2) is 13.8 Å². The van der Waals surface area contributed by atoms with Crippen molar-refractivity contribution >= 4 is 19.4 Å². The molecule has 10 nitrogen and oxygen atoms in total. The standard InChI is InChI=1S/C9H11ClFN2O8P/c10-4-2-13(8(16)12-6(4)15)7-5(14)1-9(11,21-7)3-20-22(17,18)19/h2,5,7,14H,1,3H2,(H,12,15,16)(H2,17,18,19)/t5-,7-,9+/m1/s1/i3D2,7D. The topological polar surface area (TPSA) is 151 Å². The molecule has 1 saturated heterocycles. The highest BCUT2D eigenvalue weighted by Gasteiger charge is 2.49. The molecule has 2 heterocycles. The molecule has 0 amide bonds. The highest BCUT2D eigenvalue weighted by atomic mass is 35.5. The Labute approximate surface area is 130 Å². The molecule has 0 spiro atoms. The summed E-state index contributed by atoms with van der Waals surface area (Å²) in [5.74, 6) is -3.72. The van der Waals surface area contributed by atoms with Gasteiger partial charge in [-0.05, 0) is 0 Å². The lowest BCUT2D eigenvalue weighted by Crippen LogP contribution is -2.36. The molecular formula is C9H11ClFN2O8P. The molecule has 124 valence electrons. The van der Waals surface area contributed by atoms with Crippen molar-refractivity contribution in [2.45, 2.75) is 24.6 Å². The summed E-state index contributed by atoms with van der Waals surface area (Å²) in [4.78, 5) is 42.0. The zero-order valence-electron chi connectivity index (χ0n) is 13.4. The second-order valence-electron chi connectivity index (χ2n) is 4.18. The third kappa shape index (κ3) is 3.82. The minimum Gasteiger partial charge on any atom is -0.388 e. The SMILES string of the molecule is [2H]C([2H])(OP(=O)(O)O)[C@]1(F)C[C@@H](O)[C@]([2H])(n2cc(Cl)c(=O)[nH]c2=O)O1. The normalized spacial score (nSPS) is 35.0. The lowest BCUT2D eigenvalue weighted by molar-refractivity contribution is -0.178. The van der Waals surface area contributed by atoms with Crippen LogP contribution in [0.15, 0.2) is 15.8 Å². The molecule has 1 aliphatic rings. The number of hydrogen-bond donors (Lipinski definition) is 4. The number of aromatic amines is 1. The number of aromatic nitrogens is 2. The van der Waals surface area contributed by atoms with Crippen LogP contribution in [-0.2, 0) is 13.8 Å². The molecule has 0 unspecified atom stereocenters. The first-order chi connectivity index (χ1) is 11.1. The maximum Gasteiger partial charge on any atom is 0.469 e. The first kappa shape index (κ1) is 13.4. The van der Waals surface area contributed by atoms with Crippen LogP contribution in [0.25, 0.3) is 0 Å². The van der Waals surface area contributed by atoms with Gasteiger partial charge in [-0.15, -0.1) is 0 Å². The third-order valence-corrected chi connectivity index (χ3v) is 3.06. The van der Waals surface area contributed by atoms with Crippen LogP contribution in [0.4, 0.5) is 4.39 Å². The maximum atomic E-state index is 14.8. The van der Waals surface area contributed by atoms with Crippen molar-refractivity contribution in [2.75, 3.05) is 6.56 Å². The molecule has 4 N–H and O–H groups in total. The summed E-state index contributed by atoms with van der Waals surface area (Å²) in [5, 5.41) is 9.30. The fraction of sp³-hybridized carbons (Fsp3) is 0.556. The first-order valence-corrected chi connectivity index (χ1v) is 7.37. The molecule has 0 aliphatic carbocycles. The number of alkyl halides is 1. The molecule has 0 radical (unpaired) electrons. The Morgan fingerprint density at radius 3 is 2.95 bits per heavy atom. The third-order valence-electron chi connectivity index (χ3n) is 2.46. The smallest absolute Gasteiger partial charge is 0.388 e. The average Bonchev–Trinajstić information content (AvgIpc) is 2.63. The Hall–Kier alpha value is -1.07. The van der Waals surface area contributed by atoms with Gasteiger partial charge >= 0.3 is 13.5 Å². The number of H-pyrrole nitrogens is 1. The number of aliphatic hydroxyl groups excluding tert-OH is 1. The number of aliphatic hydroxyl groups is 1. The predicted molar refractivity (Wildman–Crippen MR) is 68.9 cm³/mol. The summed E-state index contributed by atoms with van der Waals surface area (Å²) in [6.07, 6.45) is -5.98. The summed E-state index contributed by atoms with van der Waals surface area (Å²) in [7, 11) is -5.51. The van der Waals surface area contributed by atoms with Crippen LogP contribution in [0.2, 0.25) is 5.02 Å². The number of rotatable bonds is 4. The molecule has 1 aromatic heterocycles. The van der Waals surface area contributed by atoms with Gasteiger partial charge in [0.2, 0.25) is 5.85 Å². The number of ether oxygens (including phenoxy) is 1. The lowest BCUT2D eigenvalue weighted by atomic mass is 10.2. The number of halogens is 2. The van der Waals surface area contributed by atoms with Gasteiger partial charge in [-0.1, -0.05) is 11.6 Å². The van der Waals surface area contributed by atoms with E-state index in [0.717, 1.165) is 0 Å². The van der Waals surface area contributed by atoms with E-state index in [1.54, 1.807) is 4.98 Å². The predicted octanol–water partition coefficient (Wildman–Crippen LogP) is -0.755. The van der Waals surface area contributed by atoms with Crippen LogP contribution >= 0.6 is 19.4 Å². The van der Waals surface area contributed by atoms with Crippen molar-refractivity contribution in [3.8, 4) is 0 Å². The van der Waals surface area contributed by atoms with Crippen molar-refractivity contribution in [2.24, 2.45) is 0 Å². The molecule has 13 heteroatoms. The second-order valence-corrected chi connectivity index (χ2v) is 5.75. The maximum absolute atomic E-state index is 14.8. The lowest BCUT2D eigenvalue weighted by Gasteiger charge is -2.21. The van der Waals surface area contributed by atoms with Crippen LogP contribution < -0.4 is 11.2 Å². The van der Waals surface area contributed by atoms with E-state index in [0.29, 0.717) is 6.20 Å². The fourth-order valence-electron chi connectivity index (χ4n) is 1.62. The van der Waals surface area contributed by atoms with E-state index in [-0.39, 0.29) is 4.57 Å². The van der Waals surface area contributed by atoms with Gasteiger partial charge < -0.3 is 19.6 Å². The fourth-order valence-corrected chi connectivity index (χ4v) is 2.02. The Bertz CT molecular complexity index is 860. The van der Waals surface area contributed by atoms with Gasteiger partial charge in [-0.2, -0.15) is 0 Å². The minimum absolute atomic E-state index is 0.191. The monoisotopic (exact) mass is 363 g/mol. The number of phosphoric acid groups is 1. The van der Waals surface area contributed by atoms with E-state index in [1.165, 1.54) is 0 Å². The molecule has 0 aromatic carbocycles. The van der Waals surface area contributed by atoms with Crippen molar-refractivity contribution in [3.05, 3.63) is 32.1 Å². The Balaban J connectivity index is 2.50. The number of nitrogens with one attached hydrogen (secondary N) is 1. The molecule has 1 aliphatic heterocycles. The summed E-state index contributed by atoms with van der Waals surface area (Å²) >= 11 is 5.50. The Morgan fingerprint density at radius 2 is 2.36 bits per heavy atom. The van der Waals surface area contributed by atoms with Crippen LogP contribution in [0, 0.1) is 0 Å². The zero-order chi connectivity index (χ0) is 19.4. The molecule has 1 aromatic rings. The van der Waals surface area contributed by atoms with Crippen molar-refractivity contribution < 1.29 is 37.2 Å². The molecule has 3 atom stereocenters. The molecule has 0 saturated carbocycles. The van der Waals surface area contributed by atoms with Gasteiger partial charge in [0.25, 0.3) is 5.56 Å². The number of phosphoric ester groups is 1. The first-order valence-electron chi connectivity index (χ1n) is 6.97. The zero-order valence-corrected chi connectivity index (χ0v) is 12.0. The highest BCUT2D eigenvalue weighted by molar-refractivity contribution is 7.46. The molecule has 2 rings (SSSR count). The quantitative estimate of drug-likeness (QED) is 0.510. The van der Waals surface area contributed by atoms with Gasteiger partial charge in [0.15, 0.2) is 6.20 Å². The van der Waals surface area contributed by atoms with Gasteiger partial charge in [0, 0.05) is 12.6 Å². The van der Waals surface area contributed by atoms with Crippen molar-refractivity contribution in [1.82, 2.24) is 9.55 Å². The molecular weight excluding hydrogens is 350 g/mol. The van der Waals surface area contributed by atoms with Crippen LogP contribution in [0.3, 0.4) is 0 Å². The summed E-state index contributed by atoms with van der Waals surface area (Å²) < 4.78 is 56.6. The summed E-state index contributed by atoms with van der Waals surface area (Å²) in [6.45, 7) is -3.80. The minimum atomic E-state index is -5.51. The number of hydrogen-bond acceptors (Lipinski definition) is 6. The van der Waals surface area contributed by atoms with E-state index in [4.69, 9.17) is 25.5 Å². The number of nitrogens with zero attached hydrogens (tertiary/aromatic N) is 1. The van der Waals surface area contributed by atoms with Gasteiger partial charge in [0.1, 0.15) is 17.7 Å². The summed E-state index contributed by atoms with van der Waals surface area (Å²) in [6, 6.07) is 0. The van der Waals surface area contributed by atoms with Crippen molar-refractivity contribution in [1.29, 1.82) is 0 Å². The van der Waals surface area contributed by atoms with Crippen molar-refractivity contribution in [3.63, 3.8) is 0 Å².